The molecule has 2 N–H and O–H groups in total. The molecule has 0 atom stereocenters. The summed E-state index contributed by atoms with van der Waals surface area (Å²) in [4.78, 5) is 13.9. The predicted molar refractivity (Wildman–Crippen MR) is 85.4 cm³/mol. The molecule has 2 aromatic rings. The van der Waals surface area contributed by atoms with E-state index in [1.807, 2.05) is 42.3 Å². The van der Waals surface area contributed by atoms with Crippen molar-refractivity contribution in [3.63, 3.8) is 0 Å². The van der Waals surface area contributed by atoms with Gasteiger partial charge in [0.2, 0.25) is 0 Å². The Hall–Kier alpha value is -2.49. The number of hydrogen-bond donors (Lipinski definition) is 1. The van der Waals surface area contributed by atoms with Crippen molar-refractivity contribution >= 4 is 17.3 Å². The smallest absolute Gasteiger partial charge is 0.340 e. The summed E-state index contributed by atoms with van der Waals surface area (Å²) in [7, 11) is 1.95. The van der Waals surface area contributed by atoms with E-state index in [1.54, 1.807) is 13.0 Å². The Bertz CT molecular complexity index is 611. The molecule has 2 aromatic carbocycles. The molecule has 2 rings (SSSR count). The highest BCUT2D eigenvalue weighted by Gasteiger charge is 2.15. The molecule has 4 heteroatoms. The van der Waals surface area contributed by atoms with Crippen molar-refractivity contribution < 1.29 is 9.53 Å². The molecule has 0 aliphatic rings. The van der Waals surface area contributed by atoms with Crippen LogP contribution in [0.2, 0.25) is 0 Å². The monoisotopic (exact) mass is 284 g/mol. The maximum atomic E-state index is 11.9. The first kappa shape index (κ1) is 14.9. The molecule has 0 amide bonds. The Balaban J connectivity index is 2.23. The van der Waals surface area contributed by atoms with Crippen LogP contribution in [0.15, 0.2) is 48.5 Å². The molecule has 0 radical (unpaired) electrons. The average molecular weight is 284 g/mol. The normalized spacial score (nSPS) is 10.2. The highest BCUT2D eigenvalue weighted by molar-refractivity contribution is 5.98. The first-order valence-corrected chi connectivity index (χ1v) is 6.94. The summed E-state index contributed by atoms with van der Waals surface area (Å²) in [6.07, 6.45) is 0. The summed E-state index contributed by atoms with van der Waals surface area (Å²) in [6.45, 7) is 2.83. The fraction of sp³-hybridized carbons (Fsp3) is 0.235. The highest BCUT2D eigenvalue weighted by atomic mass is 16.5. The van der Waals surface area contributed by atoms with Gasteiger partial charge in [-0.2, -0.15) is 0 Å². The van der Waals surface area contributed by atoms with Crippen LogP contribution in [0, 0.1) is 0 Å². The molecular formula is C17H20N2O2. The van der Waals surface area contributed by atoms with E-state index in [-0.39, 0.29) is 5.97 Å². The third-order valence-corrected chi connectivity index (χ3v) is 3.25. The molecule has 21 heavy (non-hydrogen) atoms. The largest absolute Gasteiger partial charge is 0.462 e. The number of rotatable bonds is 5. The number of nitrogen functional groups attached to an aromatic ring is 1. The SMILES string of the molecule is CCOC(=O)c1cccc(N(C)Cc2ccccc2)c1N. The number of hydrogen-bond acceptors (Lipinski definition) is 4. The van der Waals surface area contributed by atoms with Crippen LogP contribution in [0.4, 0.5) is 11.4 Å². The van der Waals surface area contributed by atoms with Gasteiger partial charge < -0.3 is 15.4 Å². The Morgan fingerprint density at radius 1 is 1.14 bits per heavy atom. The number of esters is 1. The van der Waals surface area contributed by atoms with Crippen molar-refractivity contribution in [2.45, 2.75) is 13.5 Å². The number of anilines is 2. The van der Waals surface area contributed by atoms with Gasteiger partial charge >= 0.3 is 5.97 Å². The van der Waals surface area contributed by atoms with Gasteiger partial charge in [0.1, 0.15) is 0 Å². The quantitative estimate of drug-likeness (QED) is 0.677. The van der Waals surface area contributed by atoms with Gasteiger partial charge in [-0.3, -0.25) is 0 Å². The summed E-state index contributed by atoms with van der Waals surface area (Å²) in [5.74, 6) is -0.384. The molecule has 0 aliphatic heterocycles. The minimum absolute atomic E-state index is 0.336. The number of nitrogens with zero attached hydrogens (tertiary/aromatic N) is 1. The maximum Gasteiger partial charge on any atom is 0.340 e. The minimum atomic E-state index is -0.384. The number of para-hydroxylation sites is 1. The lowest BCUT2D eigenvalue weighted by Gasteiger charge is -2.22. The van der Waals surface area contributed by atoms with Crippen molar-refractivity contribution in [1.82, 2.24) is 0 Å². The summed E-state index contributed by atoms with van der Waals surface area (Å²) in [5, 5.41) is 0. The molecule has 0 fully saturated rings. The first-order chi connectivity index (χ1) is 10.1. The molecule has 0 spiro atoms. The van der Waals surface area contributed by atoms with E-state index in [0.717, 1.165) is 12.2 Å². The van der Waals surface area contributed by atoms with Gasteiger partial charge in [0.25, 0.3) is 0 Å². The number of benzene rings is 2. The van der Waals surface area contributed by atoms with Crippen LogP contribution in [0.1, 0.15) is 22.8 Å². The highest BCUT2D eigenvalue weighted by Crippen LogP contribution is 2.27. The van der Waals surface area contributed by atoms with Crippen molar-refractivity contribution in [1.29, 1.82) is 0 Å². The van der Waals surface area contributed by atoms with E-state index >= 15 is 0 Å². The van der Waals surface area contributed by atoms with Crippen molar-refractivity contribution in [2.75, 3.05) is 24.3 Å². The van der Waals surface area contributed by atoms with Gasteiger partial charge in [-0.05, 0) is 24.6 Å². The number of carbonyl (C=O) groups is 1. The second kappa shape index (κ2) is 6.79. The van der Waals surface area contributed by atoms with Crippen molar-refractivity contribution in [3.8, 4) is 0 Å². The summed E-state index contributed by atoms with van der Waals surface area (Å²) < 4.78 is 5.02. The van der Waals surface area contributed by atoms with Crippen molar-refractivity contribution in [3.05, 3.63) is 59.7 Å². The van der Waals surface area contributed by atoms with Gasteiger partial charge in [0.05, 0.1) is 23.5 Å². The van der Waals surface area contributed by atoms with E-state index in [2.05, 4.69) is 12.1 Å². The number of nitrogens with two attached hydrogens (primary N) is 1. The Morgan fingerprint density at radius 2 is 1.86 bits per heavy atom. The first-order valence-electron chi connectivity index (χ1n) is 6.94. The van der Waals surface area contributed by atoms with Crippen LogP contribution in [-0.4, -0.2) is 19.6 Å². The van der Waals surface area contributed by atoms with Crippen LogP contribution in [0.3, 0.4) is 0 Å². The molecule has 0 bridgehead atoms. The number of ether oxygens (including phenoxy) is 1. The van der Waals surface area contributed by atoms with Crippen LogP contribution in [0.5, 0.6) is 0 Å². The van der Waals surface area contributed by atoms with Crippen LogP contribution in [-0.2, 0) is 11.3 Å². The van der Waals surface area contributed by atoms with Gasteiger partial charge in [-0.15, -0.1) is 0 Å². The average Bonchev–Trinajstić information content (AvgIpc) is 2.48. The zero-order valence-electron chi connectivity index (χ0n) is 12.4. The zero-order chi connectivity index (χ0) is 15.2. The third-order valence-electron chi connectivity index (χ3n) is 3.25. The predicted octanol–water partition coefficient (Wildman–Crippen LogP) is 3.08. The van der Waals surface area contributed by atoms with Gasteiger partial charge in [0.15, 0.2) is 0 Å². The third kappa shape index (κ3) is 3.54. The molecule has 0 saturated heterocycles. The zero-order valence-corrected chi connectivity index (χ0v) is 12.4. The number of carbonyl (C=O) groups excluding carboxylic acids is 1. The summed E-state index contributed by atoms with van der Waals surface area (Å²) >= 11 is 0. The maximum absolute atomic E-state index is 11.9. The van der Waals surface area contributed by atoms with Gasteiger partial charge in [-0.1, -0.05) is 36.4 Å². The molecule has 0 unspecified atom stereocenters. The van der Waals surface area contributed by atoms with Gasteiger partial charge in [-0.25, -0.2) is 4.79 Å². The lowest BCUT2D eigenvalue weighted by molar-refractivity contribution is 0.0527. The van der Waals surface area contributed by atoms with Crippen molar-refractivity contribution in [2.24, 2.45) is 0 Å². The van der Waals surface area contributed by atoms with Crippen LogP contribution in [0.25, 0.3) is 0 Å². The van der Waals surface area contributed by atoms with E-state index in [4.69, 9.17) is 10.5 Å². The van der Waals surface area contributed by atoms with Crippen LogP contribution < -0.4 is 10.6 Å². The standard InChI is InChI=1S/C17H20N2O2/c1-3-21-17(20)14-10-7-11-15(16(14)18)19(2)12-13-8-5-4-6-9-13/h4-11H,3,12,18H2,1-2H3. The fourth-order valence-corrected chi connectivity index (χ4v) is 2.22. The lowest BCUT2D eigenvalue weighted by Crippen LogP contribution is -2.19. The molecule has 4 nitrogen and oxygen atoms in total. The van der Waals surface area contributed by atoms with E-state index in [9.17, 15) is 4.79 Å². The Kier molecular flexibility index (Phi) is 4.82. The summed E-state index contributed by atoms with van der Waals surface area (Å²) in [5.41, 5.74) is 9.00. The second-order valence-electron chi connectivity index (χ2n) is 4.80. The molecule has 0 saturated carbocycles. The van der Waals surface area contributed by atoms with Gasteiger partial charge in [0, 0.05) is 13.6 Å². The van der Waals surface area contributed by atoms with E-state index < -0.39 is 0 Å². The molecular weight excluding hydrogens is 264 g/mol. The molecule has 0 heterocycles. The van der Waals surface area contributed by atoms with Crippen LogP contribution >= 0.6 is 0 Å². The topological polar surface area (TPSA) is 55.6 Å². The Labute approximate surface area is 125 Å². The van der Waals surface area contributed by atoms with E-state index in [1.165, 1.54) is 5.56 Å². The molecule has 0 aromatic heterocycles. The molecule has 110 valence electrons. The lowest BCUT2D eigenvalue weighted by atomic mass is 10.1. The summed E-state index contributed by atoms with van der Waals surface area (Å²) in [6, 6.07) is 15.5. The molecule has 0 aliphatic carbocycles. The second-order valence-corrected chi connectivity index (χ2v) is 4.80. The minimum Gasteiger partial charge on any atom is -0.462 e. The van der Waals surface area contributed by atoms with E-state index in [0.29, 0.717) is 17.9 Å². The Morgan fingerprint density at radius 3 is 2.52 bits per heavy atom. The fourth-order valence-electron chi connectivity index (χ4n) is 2.22.